The minimum absolute atomic E-state index is 0.191. The van der Waals surface area contributed by atoms with Crippen molar-refractivity contribution in [3.63, 3.8) is 0 Å². The van der Waals surface area contributed by atoms with E-state index in [1.807, 2.05) is 6.07 Å². The smallest absolute Gasteiger partial charge is 0.279 e. The zero-order chi connectivity index (χ0) is 23.2. The molecule has 1 aromatic heterocycles. The fourth-order valence-corrected chi connectivity index (χ4v) is 4.59. The summed E-state index contributed by atoms with van der Waals surface area (Å²) >= 11 is 1.47. The van der Waals surface area contributed by atoms with Gasteiger partial charge in [0.2, 0.25) is 0 Å². The van der Waals surface area contributed by atoms with Crippen molar-refractivity contribution < 1.29 is 23.9 Å². The molecule has 0 radical (unpaired) electrons. The first-order chi connectivity index (χ1) is 16.0. The lowest BCUT2D eigenvalue weighted by atomic mass is 10.2. The number of fused-ring (bicyclic) bond motifs is 1. The van der Waals surface area contributed by atoms with E-state index < -0.39 is 5.91 Å². The van der Waals surface area contributed by atoms with Gasteiger partial charge in [0, 0.05) is 22.2 Å². The number of carbonyl (C=O) groups is 3. The van der Waals surface area contributed by atoms with Crippen LogP contribution in [-0.2, 0) is 17.6 Å². The Morgan fingerprint density at radius 3 is 2.48 bits per heavy atom. The first-order valence-electron chi connectivity index (χ1n) is 10.4. The number of thiophene rings is 1. The Labute approximate surface area is 194 Å². The summed E-state index contributed by atoms with van der Waals surface area (Å²) in [5.41, 5.74) is 7.04. The van der Waals surface area contributed by atoms with Gasteiger partial charge in [-0.25, -0.2) is 0 Å². The molecule has 0 bridgehead atoms. The minimum Gasteiger partial charge on any atom is -0.497 e. The van der Waals surface area contributed by atoms with Crippen LogP contribution in [-0.4, -0.2) is 31.4 Å². The van der Waals surface area contributed by atoms with Crippen molar-refractivity contribution in [2.24, 2.45) is 0 Å². The Hall–Kier alpha value is -3.85. The molecular formula is C24H23N3O5S. The van der Waals surface area contributed by atoms with Crippen LogP contribution in [0, 0.1) is 0 Å². The van der Waals surface area contributed by atoms with Crippen molar-refractivity contribution in [1.29, 1.82) is 0 Å². The summed E-state index contributed by atoms with van der Waals surface area (Å²) in [5, 5.41) is 2.72. The number of nitrogens with one attached hydrogen (secondary N) is 3. The number of methoxy groups -OCH3 is 1. The van der Waals surface area contributed by atoms with Crippen molar-refractivity contribution >= 4 is 34.7 Å². The molecule has 3 amide bonds. The second-order valence-electron chi connectivity index (χ2n) is 7.41. The molecule has 0 saturated heterocycles. The molecule has 2 aromatic carbocycles. The van der Waals surface area contributed by atoms with Gasteiger partial charge in [0.05, 0.1) is 12.0 Å². The average Bonchev–Trinajstić information content (AvgIpc) is 3.44. The Morgan fingerprint density at radius 1 is 0.939 bits per heavy atom. The van der Waals surface area contributed by atoms with E-state index in [1.54, 1.807) is 55.6 Å². The Morgan fingerprint density at radius 2 is 1.73 bits per heavy atom. The maximum absolute atomic E-state index is 12.3. The minimum atomic E-state index is -0.449. The van der Waals surface area contributed by atoms with Crippen LogP contribution in [0.4, 0.5) is 5.69 Å². The van der Waals surface area contributed by atoms with Crippen LogP contribution in [0.5, 0.6) is 11.5 Å². The van der Waals surface area contributed by atoms with E-state index in [2.05, 4.69) is 16.2 Å². The number of hydrogen-bond acceptors (Lipinski definition) is 6. The molecule has 1 aliphatic carbocycles. The van der Waals surface area contributed by atoms with Crippen molar-refractivity contribution in [2.75, 3.05) is 19.0 Å². The standard InChI is InChI=1S/C24H23N3O5S/c1-31-19-6-3-5-17(13-19)25-22(28)14-32-18-10-8-15(9-11-18)23(29)26-27-24(30)21-12-16-4-2-7-20(16)33-21/h3,5-6,8-13H,2,4,7,14H2,1H3,(H,25,28)(H,26,29)(H,27,30). The van der Waals surface area contributed by atoms with Crippen molar-refractivity contribution in [1.82, 2.24) is 10.9 Å². The fourth-order valence-electron chi connectivity index (χ4n) is 3.44. The number of benzene rings is 2. The average molecular weight is 466 g/mol. The maximum atomic E-state index is 12.3. The first kappa shape index (κ1) is 22.3. The molecule has 8 nitrogen and oxygen atoms in total. The van der Waals surface area contributed by atoms with Crippen LogP contribution in [0.1, 0.15) is 36.9 Å². The van der Waals surface area contributed by atoms with Gasteiger partial charge in [-0.15, -0.1) is 11.3 Å². The van der Waals surface area contributed by atoms with Gasteiger partial charge in [0.1, 0.15) is 11.5 Å². The number of hydrazine groups is 1. The van der Waals surface area contributed by atoms with E-state index in [1.165, 1.54) is 21.8 Å². The van der Waals surface area contributed by atoms with Gasteiger partial charge >= 0.3 is 0 Å². The second kappa shape index (κ2) is 10.2. The Bertz CT molecular complexity index is 1150. The maximum Gasteiger partial charge on any atom is 0.279 e. The molecule has 4 rings (SSSR count). The van der Waals surface area contributed by atoms with Crippen LogP contribution < -0.4 is 25.6 Å². The zero-order valence-electron chi connectivity index (χ0n) is 18.0. The molecule has 0 spiro atoms. The second-order valence-corrected chi connectivity index (χ2v) is 8.55. The number of hydrogen-bond donors (Lipinski definition) is 3. The largest absolute Gasteiger partial charge is 0.497 e. The number of carbonyl (C=O) groups excluding carboxylic acids is 3. The van der Waals surface area contributed by atoms with Gasteiger partial charge in [-0.3, -0.25) is 25.2 Å². The molecule has 3 aromatic rings. The van der Waals surface area contributed by atoms with Crippen LogP contribution in [0.3, 0.4) is 0 Å². The summed E-state index contributed by atoms with van der Waals surface area (Å²) in [4.78, 5) is 38.5. The molecule has 1 aliphatic rings. The van der Waals surface area contributed by atoms with E-state index in [0.29, 0.717) is 27.6 Å². The lowest BCUT2D eigenvalue weighted by molar-refractivity contribution is -0.118. The van der Waals surface area contributed by atoms with E-state index in [-0.39, 0.29) is 18.4 Å². The first-order valence-corrected chi connectivity index (χ1v) is 11.2. The number of ether oxygens (including phenoxy) is 2. The molecule has 0 atom stereocenters. The Kier molecular flexibility index (Phi) is 6.89. The molecular weight excluding hydrogens is 442 g/mol. The van der Waals surface area contributed by atoms with E-state index >= 15 is 0 Å². The molecule has 33 heavy (non-hydrogen) atoms. The fraction of sp³-hybridized carbons (Fsp3) is 0.208. The summed E-state index contributed by atoms with van der Waals surface area (Å²) in [5.74, 6) is -0.0332. The number of rotatable bonds is 7. The summed E-state index contributed by atoms with van der Waals surface area (Å²) < 4.78 is 10.6. The predicted octanol–water partition coefficient (Wildman–Crippen LogP) is 3.34. The molecule has 9 heteroatoms. The summed E-state index contributed by atoms with van der Waals surface area (Å²) in [7, 11) is 1.55. The van der Waals surface area contributed by atoms with Crippen LogP contribution in [0.25, 0.3) is 0 Å². The molecule has 0 unspecified atom stereocenters. The van der Waals surface area contributed by atoms with Gasteiger partial charge in [0.25, 0.3) is 17.7 Å². The highest BCUT2D eigenvalue weighted by Crippen LogP contribution is 2.30. The summed E-state index contributed by atoms with van der Waals surface area (Å²) in [6.07, 6.45) is 3.14. The number of amides is 3. The van der Waals surface area contributed by atoms with Crippen molar-refractivity contribution in [3.05, 3.63) is 75.5 Å². The normalized spacial score (nSPS) is 11.9. The van der Waals surface area contributed by atoms with Crippen LogP contribution in [0.15, 0.2) is 54.6 Å². The summed E-state index contributed by atoms with van der Waals surface area (Å²) in [6.45, 7) is -0.191. The van der Waals surface area contributed by atoms with Crippen molar-refractivity contribution in [3.8, 4) is 11.5 Å². The van der Waals surface area contributed by atoms with E-state index in [4.69, 9.17) is 9.47 Å². The lowest BCUT2D eigenvalue weighted by Gasteiger charge is -2.09. The van der Waals surface area contributed by atoms with Gasteiger partial charge in [-0.05, 0) is 67.3 Å². The third-order valence-corrected chi connectivity index (χ3v) is 6.34. The van der Waals surface area contributed by atoms with Gasteiger partial charge in [-0.2, -0.15) is 0 Å². The van der Waals surface area contributed by atoms with Crippen LogP contribution in [0.2, 0.25) is 0 Å². The highest BCUT2D eigenvalue weighted by Gasteiger charge is 2.19. The summed E-state index contributed by atoms with van der Waals surface area (Å²) in [6, 6.07) is 15.2. The van der Waals surface area contributed by atoms with Crippen molar-refractivity contribution in [2.45, 2.75) is 19.3 Å². The monoisotopic (exact) mass is 465 g/mol. The molecule has 0 saturated carbocycles. The van der Waals surface area contributed by atoms with Gasteiger partial charge in [-0.1, -0.05) is 6.07 Å². The topological polar surface area (TPSA) is 106 Å². The van der Waals surface area contributed by atoms with Crippen LogP contribution >= 0.6 is 11.3 Å². The zero-order valence-corrected chi connectivity index (χ0v) is 18.8. The van der Waals surface area contributed by atoms with E-state index in [0.717, 1.165) is 19.3 Å². The van der Waals surface area contributed by atoms with E-state index in [9.17, 15) is 14.4 Å². The van der Waals surface area contributed by atoms with Gasteiger partial charge < -0.3 is 14.8 Å². The highest BCUT2D eigenvalue weighted by atomic mass is 32.1. The third-order valence-electron chi connectivity index (χ3n) is 5.10. The Balaban J connectivity index is 1.23. The number of anilines is 1. The molecule has 0 fully saturated rings. The molecule has 0 aliphatic heterocycles. The molecule has 1 heterocycles. The number of aryl methyl sites for hydroxylation is 2. The third kappa shape index (κ3) is 5.69. The molecule has 3 N–H and O–H groups in total. The predicted molar refractivity (Wildman–Crippen MR) is 125 cm³/mol. The molecule has 170 valence electrons. The SMILES string of the molecule is COc1cccc(NC(=O)COc2ccc(C(=O)NNC(=O)c3cc4c(s3)CCC4)cc2)c1. The lowest BCUT2D eigenvalue weighted by Crippen LogP contribution is -2.41. The quantitative estimate of drug-likeness (QED) is 0.464. The van der Waals surface area contributed by atoms with Gasteiger partial charge in [0.15, 0.2) is 6.61 Å². The highest BCUT2D eigenvalue weighted by molar-refractivity contribution is 7.14.